The summed E-state index contributed by atoms with van der Waals surface area (Å²) < 4.78 is 25.9. The molecule has 0 aliphatic heterocycles. The van der Waals surface area contributed by atoms with Gasteiger partial charge in [-0.15, -0.1) is 0 Å². The number of nitrogens with zero attached hydrogens (tertiary/aromatic N) is 1. The minimum absolute atomic E-state index is 0.126. The second kappa shape index (κ2) is 4.76. The van der Waals surface area contributed by atoms with Gasteiger partial charge in [0.25, 0.3) is 10.2 Å². The van der Waals surface area contributed by atoms with Gasteiger partial charge in [0, 0.05) is 19.6 Å². The van der Waals surface area contributed by atoms with Gasteiger partial charge in [0.1, 0.15) is 0 Å². The van der Waals surface area contributed by atoms with Gasteiger partial charge in [-0.05, 0) is 13.8 Å². The molecule has 0 saturated heterocycles. The molecule has 0 heterocycles. The Morgan fingerprint density at radius 1 is 1.50 bits per heavy atom. The Morgan fingerprint density at radius 2 is 2.00 bits per heavy atom. The molecule has 6 heteroatoms. The van der Waals surface area contributed by atoms with Gasteiger partial charge >= 0.3 is 0 Å². The van der Waals surface area contributed by atoms with Crippen LogP contribution in [0.15, 0.2) is 0 Å². The van der Waals surface area contributed by atoms with Crippen LogP contribution in [0.2, 0.25) is 0 Å². The molecule has 0 unspecified atom stereocenters. The molecule has 74 valence electrons. The number of aliphatic hydroxyl groups excluding tert-OH is 1. The predicted molar refractivity (Wildman–Crippen MR) is 46.9 cm³/mol. The molecule has 0 radical (unpaired) electrons. The van der Waals surface area contributed by atoms with Crippen LogP contribution in [0.4, 0.5) is 0 Å². The highest BCUT2D eigenvalue weighted by Crippen LogP contribution is 2.02. The summed E-state index contributed by atoms with van der Waals surface area (Å²) in [7, 11) is -2.05. The van der Waals surface area contributed by atoms with Crippen LogP contribution in [0.3, 0.4) is 0 Å². The first kappa shape index (κ1) is 11.8. The summed E-state index contributed by atoms with van der Waals surface area (Å²) in [6, 6.07) is -0.144. The second-order valence-electron chi connectivity index (χ2n) is 2.64. The molecule has 0 aromatic rings. The topological polar surface area (TPSA) is 69.6 Å². The van der Waals surface area contributed by atoms with E-state index in [1.165, 1.54) is 11.4 Å². The molecule has 0 aromatic carbocycles. The van der Waals surface area contributed by atoms with Gasteiger partial charge in [0.15, 0.2) is 0 Å². The summed E-state index contributed by atoms with van der Waals surface area (Å²) in [6.45, 7) is 3.47. The van der Waals surface area contributed by atoms with E-state index in [-0.39, 0.29) is 19.2 Å². The van der Waals surface area contributed by atoms with Crippen LogP contribution in [-0.4, -0.2) is 44.1 Å². The monoisotopic (exact) mass is 196 g/mol. The Kier molecular flexibility index (Phi) is 4.69. The number of nitrogens with one attached hydrogen (secondary N) is 1. The molecule has 0 atom stereocenters. The second-order valence-corrected chi connectivity index (χ2v) is 4.46. The zero-order valence-electron chi connectivity index (χ0n) is 7.61. The number of hydrogen-bond donors (Lipinski definition) is 2. The number of hydrogen-bond acceptors (Lipinski definition) is 3. The minimum atomic E-state index is -3.40. The Hall–Kier alpha value is -0.170. The summed E-state index contributed by atoms with van der Waals surface area (Å²) in [5.74, 6) is 0. The van der Waals surface area contributed by atoms with Crippen molar-refractivity contribution in [3.05, 3.63) is 0 Å². The van der Waals surface area contributed by atoms with Crippen LogP contribution in [0.1, 0.15) is 13.8 Å². The van der Waals surface area contributed by atoms with Crippen LogP contribution >= 0.6 is 0 Å². The molecular formula is C6H16N2O3S. The van der Waals surface area contributed by atoms with Crippen LogP contribution < -0.4 is 4.72 Å². The van der Waals surface area contributed by atoms with E-state index in [0.717, 1.165) is 0 Å². The van der Waals surface area contributed by atoms with E-state index in [1.54, 1.807) is 13.8 Å². The standard InChI is InChI=1S/C6H16N2O3S/c1-6(2)8(4-5-9)12(10,11)7-3/h6-7,9H,4-5H2,1-3H3. The van der Waals surface area contributed by atoms with Gasteiger partial charge < -0.3 is 5.11 Å². The molecule has 0 bridgehead atoms. The molecule has 0 saturated carbocycles. The maximum absolute atomic E-state index is 11.2. The lowest BCUT2D eigenvalue weighted by Crippen LogP contribution is -2.44. The van der Waals surface area contributed by atoms with Gasteiger partial charge in [-0.1, -0.05) is 0 Å². The number of aliphatic hydroxyl groups is 1. The van der Waals surface area contributed by atoms with E-state index < -0.39 is 10.2 Å². The van der Waals surface area contributed by atoms with Gasteiger partial charge in [-0.25, -0.2) is 4.72 Å². The lowest BCUT2D eigenvalue weighted by Gasteiger charge is -2.23. The minimum Gasteiger partial charge on any atom is -0.395 e. The Balaban J connectivity index is 4.51. The quantitative estimate of drug-likeness (QED) is 0.602. The molecule has 0 fully saturated rings. The van der Waals surface area contributed by atoms with Crippen molar-refractivity contribution in [1.29, 1.82) is 0 Å². The molecule has 5 nitrogen and oxygen atoms in total. The van der Waals surface area contributed by atoms with Crippen molar-refractivity contribution >= 4 is 10.2 Å². The largest absolute Gasteiger partial charge is 0.395 e. The van der Waals surface area contributed by atoms with Gasteiger partial charge in [0.2, 0.25) is 0 Å². The van der Waals surface area contributed by atoms with E-state index in [9.17, 15) is 8.42 Å². The molecule has 0 aromatic heterocycles. The molecule has 2 N–H and O–H groups in total. The summed E-state index contributed by atoms with van der Waals surface area (Å²) in [5, 5.41) is 8.61. The van der Waals surface area contributed by atoms with Gasteiger partial charge in [0.05, 0.1) is 6.61 Å². The van der Waals surface area contributed by atoms with E-state index in [1.807, 2.05) is 0 Å². The highest BCUT2D eigenvalue weighted by atomic mass is 32.2. The third-order valence-corrected chi connectivity index (χ3v) is 3.20. The van der Waals surface area contributed by atoms with Crippen molar-refractivity contribution in [2.24, 2.45) is 0 Å². The fraction of sp³-hybridized carbons (Fsp3) is 1.00. The van der Waals surface area contributed by atoms with E-state index in [0.29, 0.717) is 0 Å². The smallest absolute Gasteiger partial charge is 0.279 e. The first-order chi connectivity index (χ1) is 5.45. The highest BCUT2D eigenvalue weighted by Gasteiger charge is 2.21. The summed E-state index contributed by atoms with van der Waals surface area (Å²) in [4.78, 5) is 0. The van der Waals surface area contributed by atoms with Crippen molar-refractivity contribution in [3.8, 4) is 0 Å². The lowest BCUT2D eigenvalue weighted by molar-refractivity contribution is 0.235. The van der Waals surface area contributed by atoms with Crippen LogP contribution in [0, 0.1) is 0 Å². The average Bonchev–Trinajstić information content (AvgIpc) is 1.99. The van der Waals surface area contributed by atoms with Crippen LogP contribution in [0.5, 0.6) is 0 Å². The Morgan fingerprint density at radius 3 is 2.25 bits per heavy atom. The Bertz CT molecular complexity index is 213. The first-order valence-corrected chi connectivity index (χ1v) is 5.21. The summed E-state index contributed by atoms with van der Waals surface area (Å²) >= 11 is 0. The maximum Gasteiger partial charge on any atom is 0.279 e. The predicted octanol–water partition coefficient (Wildman–Crippen LogP) is -0.847. The third-order valence-electron chi connectivity index (χ3n) is 1.46. The maximum atomic E-state index is 11.2. The van der Waals surface area contributed by atoms with E-state index in [4.69, 9.17) is 5.11 Å². The van der Waals surface area contributed by atoms with E-state index in [2.05, 4.69) is 4.72 Å². The zero-order chi connectivity index (χ0) is 9.78. The number of rotatable bonds is 5. The molecule has 0 spiro atoms. The van der Waals surface area contributed by atoms with E-state index >= 15 is 0 Å². The molecular weight excluding hydrogens is 180 g/mol. The molecule has 0 amide bonds. The molecule has 0 aliphatic rings. The lowest BCUT2D eigenvalue weighted by atomic mass is 10.4. The molecule has 0 rings (SSSR count). The summed E-state index contributed by atoms with van der Waals surface area (Å²) in [5.41, 5.74) is 0. The fourth-order valence-corrected chi connectivity index (χ4v) is 1.98. The van der Waals surface area contributed by atoms with Crippen molar-refractivity contribution in [2.75, 3.05) is 20.2 Å². The van der Waals surface area contributed by atoms with Crippen molar-refractivity contribution in [2.45, 2.75) is 19.9 Å². The highest BCUT2D eigenvalue weighted by molar-refractivity contribution is 7.87. The van der Waals surface area contributed by atoms with Gasteiger partial charge in [-0.2, -0.15) is 12.7 Å². The molecule has 12 heavy (non-hydrogen) atoms. The summed E-state index contributed by atoms with van der Waals surface area (Å²) in [6.07, 6.45) is 0. The normalized spacial score (nSPS) is 12.8. The zero-order valence-corrected chi connectivity index (χ0v) is 8.43. The van der Waals surface area contributed by atoms with Crippen molar-refractivity contribution in [3.63, 3.8) is 0 Å². The van der Waals surface area contributed by atoms with Gasteiger partial charge in [-0.3, -0.25) is 0 Å². The SMILES string of the molecule is CNS(=O)(=O)N(CCO)C(C)C. The van der Waals surface area contributed by atoms with Crippen molar-refractivity contribution in [1.82, 2.24) is 9.03 Å². The Labute approximate surface area is 73.6 Å². The van der Waals surface area contributed by atoms with Crippen molar-refractivity contribution < 1.29 is 13.5 Å². The molecule has 0 aliphatic carbocycles. The third kappa shape index (κ3) is 3.06. The average molecular weight is 196 g/mol. The van der Waals surface area contributed by atoms with Crippen LogP contribution in [-0.2, 0) is 10.2 Å². The van der Waals surface area contributed by atoms with Crippen LogP contribution in [0.25, 0.3) is 0 Å². The first-order valence-electron chi connectivity index (χ1n) is 3.77. The fourth-order valence-electron chi connectivity index (χ4n) is 0.872.